The van der Waals surface area contributed by atoms with Gasteiger partial charge in [0.1, 0.15) is 6.07 Å². The number of carbonyl (C=O) groups is 1. The Hall–Kier alpha value is -2.64. The number of rotatable bonds is 3. The molecule has 4 rings (SSSR count). The Labute approximate surface area is 173 Å². The molecule has 4 heteroatoms. The summed E-state index contributed by atoms with van der Waals surface area (Å²) in [6.45, 7) is 2.70. The standard InChI is InChI=1S/C25H29N3O/c1-19-9-10-22(20(15-19)17-26)28-18-24(16-23(28)29)11-13-25(14-12-24,27(2)3)21-7-5-4-6-8-21/h4-10,15H,11-14,16,18H2,1-3H3/t24-,25-. The van der Waals surface area contributed by atoms with Crippen molar-refractivity contribution in [3.05, 3.63) is 65.2 Å². The molecule has 2 fully saturated rings. The fourth-order valence-corrected chi connectivity index (χ4v) is 5.36. The van der Waals surface area contributed by atoms with Crippen molar-refractivity contribution < 1.29 is 4.79 Å². The predicted molar refractivity (Wildman–Crippen MR) is 116 cm³/mol. The van der Waals surface area contributed by atoms with Crippen molar-refractivity contribution in [1.29, 1.82) is 5.26 Å². The summed E-state index contributed by atoms with van der Waals surface area (Å²) in [5.74, 6) is 0.155. The molecule has 0 radical (unpaired) electrons. The van der Waals surface area contributed by atoms with E-state index in [1.807, 2.05) is 30.0 Å². The lowest BCUT2D eigenvalue weighted by Crippen LogP contribution is -2.47. The number of benzene rings is 2. The Balaban J connectivity index is 1.58. The van der Waals surface area contributed by atoms with Crippen LogP contribution in [-0.4, -0.2) is 31.4 Å². The van der Waals surface area contributed by atoms with Crippen LogP contribution in [0.5, 0.6) is 0 Å². The number of anilines is 1. The molecule has 1 spiro atoms. The lowest BCUT2D eigenvalue weighted by Gasteiger charge is -2.48. The molecule has 0 N–H and O–H groups in total. The maximum atomic E-state index is 13.0. The van der Waals surface area contributed by atoms with E-state index in [-0.39, 0.29) is 16.9 Å². The van der Waals surface area contributed by atoms with Crippen LogP contribution in [0.1, 0.15) is 48.8 Å². The molecule has 2 aliphatic rings. The number of hydrogen-bond acceptors (Lipinski definition) is 3. The molecule has 1 aliphatic heterocycles. The largest absolute Gasteiger partial charge is 0.311 e. The average molecular weight is 388 g/mol. The van der Waals surface area contributed by atoms with Crippen molar-refractivity contribution in [2.75, 3.05) is 25.5 Å². The summed E-state index contributed by atoms with van der Waals surface area (Å²) in [5.41, 5.74) is 3.83. The van der Waals surface area contributed by atoms with Gasteiger partial charge < -0.3 is 4.90 Å². The third kappa shape index (κ3) is 3.34. The van der Waals surface area contributed by atoms with Crippen molar-refractivity contribution >= 4 is 11.6 Å². The number of carbonyl (C=O) groups excluding carboxylic acids is 1. The molecule has 4 nitrogen and oxygen atoms in total. The maximum Gasteiger partial charge on any atom is 0.227 e. The van der Waals surface area contributed by atoms with Gasteiger partial charge in [-0.3, -0.25) is 9.69 Å². The van der Waals surface area contributed by atoms with Gasteiger partial charge in [0.15, 0.2) is 0 Å². The first-order chi connectivity index (χ1) is 13.9. The van der Waals surface area contributed by atoms with E-state index in [0.717, 1.165) is 43.5 Å². The Bertz CT molecular complexity index is 950. The second kappa shape index (κ2) is 7.31. The molecule has 2 aromatic carbocycles. The average Bonchev–Trinajstić information content (AvgIpc) is 3.04. The second-order valence-corrected chi connectivity index (χ2v) is 9.08. The van der Waals surface area contributed by atoms with E-state index in [4.69, 9.17) is 0 Å². The minimum absolute atomic E-state index is 0.0169. The van der Waals surface area contributed by atoms with E-state index in [9.17, 15) is 10.1 Å². The van der Waals surface area contributed by atoms with Gasteiger partial charge in [-0.25, -0.2) is 0 Å². The Morgan fingerprint density at radius 1 is 1.03 bits per heavy atom. The molecule has 0 atom stereocenters. The fraction of sp³-hybridized carbons (Fsp3) is 0.440. The van der Waals surface area contributed by atoms with Gasteiger partial charge in [-0.2, -0.15) is 5.26 Å². The lowest BCUT2D eigenvalue weighted by molar-refractivity contribution is -0.118. The van der Waals surface area contributed by atoms with E-state index in [1.165, 1.54) is 5.56 Å². The van der Waals surface area contributed by atoms with Crippen LogP contribution >= 0.6 is 0 Å². The van der Waals surface area contributed by atoms with Crippen LogP contribution < -0.4 is 4.90 Å². The van der Waals surface area contributed by atoms with Crippen LogP contribution in [0.2, 0.25) is 0 Å². The minimum Gasteiger partial charge on any atom is -0.311 e. The molecule has 0 unspecified atom stereocenters. The summed E-state index contributed by atoms with van der Waals surface area (Å²) in [7, 11) is 4.34. The van der Waals surface area contributed by atoms with E-state index in [2.05, 4.69) is 55.4 Å². The van der Waals surface area contributed by atoms with Gasteiger partial charge in [-0.05, 0) is 75.4 Å². The van der Waals surface area contributed by atoms with Gasteiger partial charge in [0, 0.05) is 18.5 Å². The van der Waals surface area contributed by atoms with Gasteiger partial charge in [-0.15, -0.1) is 0 Å². The van der Waals surface area contributed by atoms with Crippen molar-refractivity contribution in [2.45, 2.75) is 44.6 Å². The summed E-state index contributed by atoms with van der Waals surface area (Å²) in [5, 5.41) is 9.55. The number of aryl methyl sites for hydroxylation is 1. The van der Waals surface area contributed by atoms with Crippen LogP contribution in [-0.2, 0) is 10.3 Å². The number of nitriles is 1. The highest BCUT2D eigenvalue weighted by Gasteiger charge is 2.50. The van der Waals surface area contributed by atoms with Crippen molar-refractivity contribution in [3.8, 4) is 6.07 Å². The maximum absolute atomic E-state index is 13.0. The van der Waals surface area contributed by atoms with E-state index in [0.29, 0.717) is 12.0 Å². The molecule has 150 valence electrons. The van der Waals surface area contributed by atoms with Gasteiger partial charge in [-0.1, -0.05) is 36.4 Å². The van der Waals surface area contributed by atoms with E-state index in [1.54, 1.807) is 0 Å². The van der Waals surface area contributed by atoms with Gasteiger partial charge in [0.2, 0.25) is 5.91 Å². The molecule has 1 aliphatic carbocycles. The molecule has 1 heterocycles. The zero-order valence-electron chi connectivity index (χ0n) is 17.6. The van der Waals surface area contributed by atoms with Crippen molar-refractivity contribution in [2.24, 2.45) is 5.41 Å². The van der Waals surface area contributed by atoms with Crippen LogP contribution in [0.15, 0.2) is 48.5 Å². The molecular formula is C25H29N3O. The summed E-state index contributed by atoms with van der Waals surface area (Å²) < 4.78 is 0. The minimum atomic E-state index is 0.0169. The zero-order valence-corrected chi connectivity index (χ0v) is 17.6. The molecule has 1 saturated carbocycles. The second-order valence-electron chi connectivity index (χ2n) is 9.08. The van der Waals surface area contributed by atoms with E-state index >= 15 is 0 Å². The Kier molecular flexibility index (Phi) is 4.96. The molecule has 0 aromatic heterocycles. The highest BCUT2D eigenvalue weighted by Crippen LogP contribution is 2.52. The normalized spacial score (nSPS) is 26.9. The molecule has 1 saturated heterocycles. The summed E-state index contributed by atoms with van der Waals surface area (Å²) in [6, 6.07) is 18.8. The molecule has 1 amide bonds. The third-order valence-corrected chi connectivity index (χ3v) is 7.19. The van der Waals surface area contributed by atoms with Gasteiger partial charge >= 0.3 is 0 Å². The number of nitrogens with zero attached hydrogens (tertiary/aromatic N) is 3. The fourth-order valence-electron chi connectivity index (χ4n) is 5.36. The first kappa shape index (κ1) is 19.7. The highest BCUT2D eigenvalue weighted by molar-refractivity contribution is 5.97. The zero-order chi connectivity index (χ0) is 20.6. The van der Waals surface area contributed by atoms with Crippen LogP contribution in [0.3, 0.4) is 0 Å². The SMILES string of the molecule is Cc1ccc(N2C[C@]3(CC[C@](c4ccccc4)(N(C)C)CC3)CC2=O)c(C#N)c1. The van der Waals surface area contributed by atoms with E-state index < -0.39 is 0 Å². The highest BCUT2D eigenvalue weighted by atomic mass is 16.2. The summed E-state index contributed by atoms with van der Waals surface area (Å²) >= 11 is 0. The first-order valence-corrected chi connectivity index (χ1v) is 10.4. The van der Waals surface area contributed by atoms with Crippen molar-refractivity contribution in [1.82, 2.24) is 4.90 Å². The monoisotopic (exact) mass is 387 g/mol. The Morgan fingerprint density at radius 3 is 2.34 bits per heavy atom. The van der Waals surface area contributed by atoms with Gasteiger partial charge in [0.05, 0.1) is 11.3 Å². The first-order valence-electron chi connectivity index (χ1n) is 10.4. The molecule has 29 heavy (non-hydrogen) atoms. The molecule has 0 bridgehead atoms. The lowest BCUT2D eigenvalue weighted by atomic mass is 9.64. The molecule has 2 aromatic rings. The quantitative estimate of drug-likeness (QED) is 0.772. The third-order valence-electron chi connectivity index (χ3n) is 7.19. The predicted octanol–water partition coefficient (Wildman–Crippen LogP) is 4.62. The Morgan fingerprint density at radius 2 is 1.72 bits per heavy atom. The van der Waals surface area contributed by atoms with Crippen LogP contribution in [0.4, 0.5) is 5.69 Å². The van der Waals surface area contributed by atoms with Crippen LogP contribution in [0.25, 0.3) is 0 Å². The number of hydrogen-bond donors (Lipinski definition) is 0. The summed E-state index contributed by atoms with van der Waals surface area (Å²) in [6.07, 6.45) is 4.73. The molecular weight excluding hydrogens is 358 g/mol. The number of amides is 1. The van der Waals surface area contributed by atoms with Crippen molar-refractivity contribution in [3.63, 3.8) is 0 Å². The van der Waals surface area contributed by atoms with Crippen LogP contribution in [0, 0.1) is 23.7 Å². The van der Waals surface area contributed by atoms with Gasteiger partial charge in [0.25, 0.3) is 0 Å². The smallest absolute Gasteiger partial charge is 0.227 e. The summed E-state index contributed by atoms with van der Waals surface area (Å²) in [4.78, 5) is 17.2. The topological polar surface area (TPSA) is 47.3 Å².